The minimum Gasteiger partial charge on any atom is -0.497 e. The number of anilines is 2. The smallest absolute Gasteiger partial charge is 0.271 e. The zero-order chi connectivity index (χ0) is 29.9. The first-order valence-electron chi connectivity index (χ1n) is 14.0. The molecule has 1 N–H and O–H groups in total. The van der Waals surface area contributed by atoms with Crippen LogP contribution in [0.1, 0.15) is 24.1 Å². The molecule has 2 aliphatic heterocycles. The Hall–Kier alpha value is -4.67. The van der Waals surface area contributed by atoms with Gasteiger partial charge in [-0.05, 0) is 55.0 Å². The van der Waals surface area contributed by atoms with Gasteiger partial charge < -0.3 is 24.4 Å². The quantitative estimate of drug-likeness (QED) is 0.350. The molecule has 0 bridgehead atoms. The van der Waals surface area contributed by atoms with Crippen LogP contribution in [-0.4, -0.2) is 51.0 Å². The Morgan fingerprint density at radius 2 is 1.77 bits per heavy atom. The largest absolute Gasteiger partial charge is 0.497 e. The average molecular weight is 597 g/mol. The van der Waals surface area contributed by atoms with Crippen LogP contribution in [0.5, 0.6) is 11.5 Å². The molecule has 3 heterocycles. The highest BCUT2D eigenvalue weighted by atomic mass is 32.1. The monoisotopic (exact) mass is 596 g/mol. The second-order valence-electron chi connectivity index (χ2n) is 10.2. The number of thiazole rings is 1. The van der Waals surface area contributed by atoms with Gasteiger partial charge in [0, 0.05) is 36.1 Å². The number of nitrogens with one attached hydrogen (secondary N) is 1. The molecule has 0 aliphatic carbocycles. The molecule has 220 valence electrons. The SMILES string of the molecule is COc1ccc([C@H]2C(C(=O)Nc3ccccc3)=C(C)N=c3s/c(=C/c4ccc(N5CCOCC5)cc4)c(=O)n32)c(OC)c1. The van der Waals surface area contributed by atoms with Crippen LogP contribution in [0.15, 0.2) is 93.9 Å². The minimum atomic E-state index is -0.772. The summed E-state index contributed by atoms with van der Waals surface area (Å²) in [5.41, 5.74) is 3.97. The van der Waals surface area contributed by atoms with Gasteiger partial charge in [0.15, 0.2) is 4.80 Å². The molecule has 10 heteroatoms. The average Bonchev–Trinajstić information content (AvgIpc) is 3.34. The van der Waals surface area contributed by atoms with Gasteiger partial charge in [0.1, 0.15) is 17.5 Å². The summed E-state index contributed by atoms with van der Waals surface area (Å²) in [6.07, 6.45) is 1.87. The second kappa shape index (κ2) is 12.3. The van der Waals surface area contributed by atoms with Crippen LogP contribution >= 0.6 is 11.3 Å². The number of fused-ring (bicyclic) bond motifs is 1. The Morgan fingerprint density at radius 1 is 1.02 bits per heavy atom. The number of morpholine rings is 1. The third-order valence-electron chi connectivity index (χ3n) is 7.60. The zero-order valence-electron chi connectivity index (χ0n) is 24.2. The summed E-state index contributed by atoms with van der Waals surface area (Å²) < 4.78 is 18.7. The van der Waals surface area contributed by atoms with Gasteiger partial charge in [-0.3, -0.25) is 14.2 Å². The molecule has 0 unspecified atom stereocenters. The molecular weight excluding hydrogens is 564 g/mol. The van der Waals surface area contributed by atoms with Gasteiger partial charge in [0.2, 0.25) is 0 Å². The van der Waals surface area contributed by atoms with Gasteiger partial charge in [0.05, 0.1) is 43.2 Å². The molecule has 9 nitrogen and oxygen atoms in total. The van der Waals surface area contributed by atoms with Gasteiger partial charge in [-0.15, -0.1) is 0 Å². The fourth-order valence-electron chi connectivity index (χ4n) is 5.42. The van der Waals surface area contributed by atoms with E-state index in [4.69, 9.17) is 19.2 Å². The second-order valence-corrected chi connectivity index (χ2v) is 11.2. The third kappa shape index (κ3) is 5.71. The van der Waals surface area contributed by atoms with E-state index < -0.39 is 6.04 Å². The Balaban J connectivity index is 1.45. The van der Waals surface area contributed by atoms with Crippen molar-refractivity contribution in [3.63, 3.8) is 0 Å². The van der Waals surface area contributed by atoms with Crippen LogP contribution in [0.3, 0.4) is 0 Å². The first-order chi connectivity index (χ1) is 21.0. The first kappa shape index (κ1) is 28.4. The van der Waals surface area contributed by atoms with Crippen LogP contribution in [0, 0.1) is 0 Å². The number of rotatable bonds is 7. The highest BCUT2D eigenvalue weighted by Crippen LogP contribution is 2.37. The molecule has 1 amide bonds. The number of hydrogen-bond acceptors (Lipinski definition) is 8. The Kier molecular flexibility index (Phi) is 8.13. The number of hydrogen-bond donors (Lipinski definition) is 1. The first-order valence-corrected chi connectivity index (χ1v) is 14.8. The molecule has 1 fully saturated rings. The van der Waals surface area contributed by atoms with E-state index >= 15 is 0 Å². The zero-order valence-corrected chi connectivity index (χ0v) is 25.0. The molecule has 6 rings (SSSR count). The van der Waals surface area contributed by atoms with Crippen LogP contribution in [-0.2, 0) is 9.53 Å². The standard InChI is InChI=1S/C33H32N4O5S/c1-21-29(31(38)35-23-7-5-4-6-8-23)30(26-14-13-25(40-2)20-27(26)41-3)37-32(39)28(43-33(37)34-21)19-22-9-11-24(12-10-22)36-15-17-42-18-16-36/h4-14,19-20,30H,15-18H2,1-3H3,(H,35,38)/b28-19+/t30-/m0/s1. The highest BCUT2D eigenvalue weighted by Gasteiger charge is 2.34. The van der Waals surface area contributed by atoms with Crippen molar-refractivity contribution in [3.05, 3.63) is 115 Å². The van der Waals surface area contributed by atoms with Crippen molar-refractivity contribution in [2.24, 2.45) is 4.99 Å². The van der Waals surface area contributed by atoms with E-state index in [1.54, 1.807) is 37.8 Å². The summed E-state index contributed by atoms with van der Waals surface area (Å²) >= 11 is 1.30. The summed E-state index contributed by atoms with van der Waals surface area (Å²) in [6.45, 7) is 4.94. The topological polar surface area (TPSA) is 94.4 Å². The van der Waals surface area contributed by atoms with Gasteiger partial charge in [-0.2, -0.15) is 0 Å². The van der Waals surface area contributed by atoms with Crippen molar-refractivity contribution in [1.29, 1.82) is 0 Å². The Morgan fingerprint density at radius 3 is 2.47 bits per heavy atom. The van der Waals surface area contributed by atoms with E-state index in [2.05, 4.69) is 22.3 Å². The van der Waals surface area contributed by atoms with Crippen molar-refractivity contribution in [3.8, 4) is 11.5 Å². The lowest BCUT2D eigenvalue weighted by Gasteiger charge is -2.28. The number of ether oxygens (including phenoxy) is 3. The molecule has 1 aromatic heterocycles. The molecule has 2 aliphatic rings. The van der Waals surface area contributed by atoms with Crippen molar-refractivity contribution in [1.82, 2.24) is 4.57 Å². The van der Waals surface area contributed by atoms with Gasteiger partial charge >= 0.3 is 0 Å². The molecule has 0 saturated carbocycles. The minimum absolute atomic E-state index is 0.235. The summed E-state index contributed by atoms with van der Waals surface area (Å²) in [5, 5.41) is 2.98. The number of carbonyl (C=O) groups excluding carboxylic acids is 1. The number of aromatic nitrogens is 1. The van der Waals surface area contributed by atoms with Crippen LogP contribution < -0.4 is 34.6 Å². The lowest BCUT2D eigenvalue weighted by Crippen LogP contribution is -2.40. The van der Waals surface area contributed by atoms with Gasteiger partial charge in [0.25, 0.3) is 11.5 Å². The number of benzene rings is 3. The fraction of sp³-hybridized carbons (Fsp3) is 0.242. The summed E-state index contributed by atoms with van der Waals surface area (Å²) in [6, 6.07) is 22.0. The highest BCUT2D eigenvalue weighted by molar-refractivity contribution is 7.07. The van der Waals surface area contributed by atoms with Crippen LogP contribution in [0.4, 0.5) is 11.4 Å². The maximum Gasteiger partial charge on any atom is 0.271 e. The molecule has 43 heavy (non-hydrogen) atoms. The summed E-state index contributed by atoms with van der Waals surface area (Å²) in [4.78, 5) is 35.5. The number of methoxy groups -OCH3 is 2. The predicted molar refractivity (Wildman–Crippen MR) is 168 cm³/mol. The third-order valence-corrected chi connectivity index (χ3v) is 8.58. The van der Waals surface area contributed by atoms with Crippen molar-refractivity contribution >= 4 is 34.7 Å². The van der Waals surface area contributed by atoms with Crippen molar-refractivity contribution in [2.75, 3.05) is 50.7 Å². The van der Waals surface area contributed by atoms with E-state index in [1.165, 1.54) is 11.3 Å². The van der Waals surface area contributed by atoms with E-state index in [1.807, 2.05) is 54.6 Å². The molecule has 0 spiro atoms. The van der Waals surface area contributed by atoms with E-state index in [-0.39, 0.29) is 11.5 Å². The molecule has 1 saturated heterocycles. The molecule has 4 aromatic rings. The van der Waals surface area contributed by atoms with Crippen LogP contribution in [0.25, 0.3) is 6.08 Å². The Labute approximate surface area is 253 Å². The number of para-hydroxylation sites is 1. The number of carbonyl (C=O) groups is 1. The summed E-state index contributed by atoms with van der Waals surface area (Å²) in [7, 11) is 3.14. The maximum absolute atomic E-state index is 14.1. The summed E-state index contributed by atoms with van der Waals surface area (Å²) in [5.74, 6) is 0.755. The van der Waals surface area contributed by atoms with Crippen molar-refractivity contribution < 1.29 is 19.0 Å². The van der Waals surface area contributed by atoms with E-state index in [0.717, 1.165) is 24.3 Å². The number of amides is 1. The van der Waals surface area contributed by atoms with Gasteiger partial charge in [-0.1, -0.05) is 41.7 Å². The van der Waals surface area contributed by atoms with Crippen molar-refractivity contribution in [2.45, 2.75) is 13.0 Å². The molecular formula is C33H32N4O5S. The van der Waals surface area contributed by atoms with Crippen LogP contribution in [0.2, 0.25) is 0 Å². The normalized spacial score (nSPS) is 16.9. The molecule has 3 aromatic carbocycles. The lowest BCUT2D eigenvalue weighted by atomic mass is 9.94. The van der Waals surface area contributed by atoms with Gasteiger partial charge in [-0.25, -0.2) is 4.99 Å². The lowest BCUT2D eigenvalue weighted by molar-refractivity contribution is -0.113. The predicted octanol–water partition coefficient (Wildman–Crippen LogP) is 3.73. The molecule has 1 atom stereocenters. The number of allylic oxidation sites excluding steroid dienone is 1. The van der Waals surface area contributed by atoms with E-state index in [9.17, 15) is 9.59 Å². The fourth-order valence-corrected chi connectivity index (χ4v) is 6.47. The number of nitrogens with zero attached hydrogens (tertiary/aromatic N) is 3. The Bertz CT molecular complexity index is 1860. The van der Waals surface area contributed by atoms with E-state index in [0.29, 0.717) is 56.6 Å². The maximum atomic E-state index is 14.1. The molecule has 0 radical (unpaired) electrons.